The summed E-state index contributed by atoms with van der Waals surface area (Å²) in [6, 6.07) is 7.42. The second-order valence-corrected chi connectivity index (χ2v) is 4.84. The number of nitrogens with zero attached hydrogens (tertiary/aromatic N) is 2. The number of hydrogen-bond acceptors (Lipinski definition) is 3. The molecule has 132 valence electrons. The zero-order valence-electron chi connectivity index (χ0n) is 13.1. The monoisotopic (exact) mass is 446 g/mol. The van der Waals surface area contributed by atoms with Gasteiger partial charge in [0, 0.05) is 24.9 Å². The molecule has 0 saturated carbocycles. The fourth-order valence-electron chi connectivity index (χ4n) is 1.83. The van der Waals surface area contributed by atoms with E-state index in [9.17, 15) is 13.2 Å². The van der Waals surface area contributed by atoms with E-state index in [-0.39, 0.29) is 43.0 Å². The summed E-state index contributed by atoms with van der Waals surface area (Å²) in [6.45, 7) is -0.198. The molecular formula is C14H22F3IN4O. The SMILES string of the molecule is COCc1ccccc1NC(N)=NCCN(C)CC(F)(F)F.I. The fourth-order valence-corrected chi connectivity index (χ4v) is 1.83. The van der Waals surface area contributed by atoms with Crippen LogP contribution in [0.1, 0.15) is 5.56 Å². The van der Waals surface area contributed by atoms with Crippen LogP contribution in [0.15, 0.2) is 29.3 Å². The van der Waals surface area contributed by atoms with E-state index in [1.165, 1.54) is 7.05 Å². The summed E-state index contributed by atoms with van der Waals surface area (Å²) in [5.41, 5.74) is 7.41. The molecule has 23 heavy (non-hydrogen) atoms. The minimum Gasteiger partial charge on any atom is -0.380 e. The Morgan fingerprint density at radius 2 is 2.00 bits per heavy atom. The molecule has 0 saturated heterocycles. The summed E-state index contributed by atoms with van der Waals surface area (Å²) in [7, 11) is 2.98. The van der Waals surface area contributed by atoms with Crippen LogP contribution in [0.3, 0.4) is 0 Å². The van der Waals surface area contributed by atoms with Crippen LogP contribution in [-0.2, 0) is 11.3 Å². The highest BCUT2D eigenvalue weighted by molar-refractivity contribution is 14.0. The number of anilines is 1. The normalized spacial score (nSPS) is 12.2. The molecule has 0 aliphatic carbocycles. The van der Waals surface area contributed by atoms with Crippen molar-refractivity contribution in [1.29, 1.82) is 0 Å². The van der Waals surface area contributed by atoms with Crippen molar-refractivity contribution >= 4 is 35.6 Å². The zero-order chi connectivity index (χ0) is 16.6. The van der Waals surface area contributed by atoms with Gasteiger partial charge in [0.1, 0.15) is 0 Å². The van der Waals surface area contributed by atoms with Gasteiger partial charge in [0.15, 0.2) is 5.96 Å². The predicted octanol–water partition coefficient (Wildman–Crippen LogP) is 2.67. The molecule has 1 aromatic carbocycles. The average Bonchev–Trinajstić information content (AvgIpc) is 2.39. The number of likely N-dealkylation sites (N-methyl/N-ethyl adjacent to an activating group) is 1. The van der Waals surface area contributed by atoms with Crippen molar-refractivity contribution < 1.29 is 17.9 Å². The fraction of sp³-hybridized carbons (Fsp3) is 0.500. The van der Waals surface area contributed by atoms with Gasteiger partial charge in [-0.3, -0.25) is 9.89 Å². The number of methoxy groups -OCH3 is 1. The van der Waals surface area contributed by atoms with E-state index < -0.39 is 12.7 Å². The van der Waals surface area contributed by atoms with Crippen molar-refractivity contribution in [2.75, 3.05) is 39.1 Å². The largest absolute Gasteiger partial charge is 0.401 e. The topological polar surface area (TPSA) is 62.9 Å². The third kappa shape index (κ3) is 9.61. The molecular weight excluding hydrogens is 424 g/mol. The van der Waals surface area contributed by atoms with E-state index in [0.29, 0.717) is 6.61 Å². The van der Waals surface area contributed by atoms with Gasteiger partial charge in [0.2, 0.25) is 0 Å². The van der Waals surface area contributed by atoms with Crippen LogP contribution in [0.25, 0.3) is 0 Å². The van der Waals surface area contributed by atoms with E-state index in [2.05, 4.69) is 10.3 Å². The van der Waals surface area contributed by atoms with Gasteiger partial charge < -0.3 is 15.8 Å². The summed E-state index contributed by atoms with van der Waals surface area (Å²) < 4.78 is 41.6. The van der Waals surface area contributed by atoms with E-state index in [1.54, 1.807) is 7.11 Å². The van der Waals surface area contributed by atoms with Crippen molar-refractivity contribution in [2.24, 2.45) is 10.7 Å². The number of alkyl halides is 3. The molecule has 0 aromatic heterocycles. The minimum atomic E-state index is -4.21. The molecule has 1 rings (SSSR count). The number of nitrogens with one attached hydrogen (secondary N) is 1. The maximum atomic E-state index is 12.2. The molecule has 0 spiro atoms. The number of hydrogen-bond donors (Lipinski definition) is 2. The van der Waals surface area contributed by atoms with E-state index in [0.717, 1.165) is 16.2 Å². The molecule has 0 fully saturated rings. The van der Waals surface area contributed by atoms with Crippen molar-refractivity contribution in [1.82, 2.24) is 4.90 Å². The summed E-state index contributed by atoms with van der Waals surface area (Å²) in [5, 5.41) is 2.92. The lowest BCUT2D eigenvalue weighted by Gasteiger charge is -2.17. The Balaban J connectivity index is 0.00000484. The molecule has 0 radical (unpaired) electrons. The van der Waals surface area contributed by atoms with Crippen LogP contribution >= 0.6 is 24.0 Å². The lowest BCUT2D eigenvalue weighted by atomic mass is 10.2. The summed E-state index contributed by atoms with van der Waals surface area (Å²) in [4.78, 5) is 5.17. The molecule has 0 atom stereocenters. The molecule has 0 unspecified atom stereocenters. The number of halogens is 4. The summed E-state index contributed by atoms with van der Waals surface area (Å²) in [5.74, 6) is 0.156. The van der Waals surface area contributed by atoms with Crippen LogP contribution in [-0.4, -0.2) is 50.8 Å². The van der Waals surface area contributed by atoms with Crippen LogP contribution in [0.5, 0.6) is 0 Å². The van der Waals surface area contributed by atoms with Gasteiger partial charge in [-0.1, -0.05) is 18.2 Å². The van der Waals surface area contributed by atoms with Crippen LogP contribution in [0.4, 0.5) is 18.9 Å². The minimum absolute atomic E-state index is 0. The third-order valence-electron chi connectivity index (χ3n) is 2.79. The lowest BCUT2D eigenvalue weighted by Crippen LogP contribution is -2.33. The average molecular weight is 446 g/mol. The molecule has 0 bridgehead atoms. The second kappa shape index (κ2) is 10.7. The first-order valence-corrected chi connectivity index (χ1v) is 6.71. The predicted molar refractivity (Wildman–Crippen MR) is 96.2 cm³/mol. The highest BCUT2D eigenvalue weighted by atomic mass is 127. The van der Waals surface area contributed by atoms with Crippen molar-refractivity contribution in [3.05, 3.63) is 29.8 Å². The lowest BCUT2D eigenvalue weighted by molar-refractivity contribution is -0.142. The smallest absolute Gasteiger partial charge is 0.380 e. The highest BCUT2D eigenvalue weighted by Crippen LogP contribution is 2.16. The van der Waals surface area contributed by atoms with E-state index in [1.807, 2.05) is 24.3 Å². The maximum Gasteiger partial charge on any atom is 0.401 e. The van der Waals surface area contributed by atoms with Gasteiger partial charge in [0.25, 0.3) is 0 Å². The van der Waals surface area contributed by atoms with Gasteiger partial charge in [-0.05, 0) is 13.1 Å². The first kappa shape index (κ1) is 21.9. The Labute approximate surface area is 151 Å². The van der Waals surface area contributed by atoms with Crippen molar-refractivity contribution in [3.8, 4) is 0 Å². The van der Waals surface area contributed by atoms with Gasteiger partial charge in [-0.15, -0.1) is 24.0 Å². The number of rotatable bonds is 7. The number of aliphatic imine (C=N–C) groups is 1. The molecule has 0 aliphatic heterocycles. The zero-order valence-corrected chi connectivity index (χ0v) is 15.4. The van der Waals surface area contributed by atoms with Gasteiger partial charge in [-0.2, -0.15) is 13.2 Å². The van der Waals surface area contributed by atoms with Crippen LogP contribution in [0, 0.1) is 0 Å². The van der Waals surface area contributed by atoms with Gasteiger partial charge in [0.05, 0.1) is 19.7 Å². The van der Waals surface area contributed by atoms with Crippen molar-refractivity contribution in [3.63, 3.8) is 0 Å². The number of guanidine groups is 1. The van der Waals surface area contributed by atoms with Gasteiger partial charge in [-0.25, -0.2) is 0 Å². The van der Waals surface area contributed by atoms with Crippen LogP contribution < -0.4 is 11.1 Å². The first-order valence-electron chi connectivity index (χ1n) is 6.71. The molecule has 0 heterocycles. The molecule has 5 nitrogen and oxygen atoms in total. The Morgan fingerprint density at radius 3 is 2.61 bits per heavy atom. The highest BCUT2D eigenvalue weighted by Gasteiger charge is 2.28. The Bertz CT molecular complexity index is 497. The Hall–Kier alpha value is -1.07. The van der Waals surface area contributed by atoms with Gasteiger partial charge >= 0.3 is 6.18 Å². The molecule has 3 N–H and O–H groups in total. The maximum absolute atomic E-state index is 12.2. The standard InChI is InChI=1S/C14H21F3N4O.HI/c1-21(10-14(15,16)17)8-7-19-13(18)20-12-6-4-3-5-11(12)9-22-2;/h3-6H,7-10H2,1-2H3,(H3,18,19,20);1H. The van der Waals surface area contributed by atoms with Crippen LogP contribution in [0.2, 0.25) is 0 Å². The Kier molecular flexibility index (Phi) is 10.2. The second-order valence-electron chi connectivity index (χ2n) is 4.84. The number of benzene rings is 1. The van der Waals surface area contributed by atoms with E-state index >= 15 is 0 Å². The molecule has 0 aliphatic rings. The van der Waals surface area contributed by atoms with E-state index in [4.69, 9.17) is 10.5 Å². The summed E-state index contributed by atoms with van der Waals surface area (Å²) >= 11 is 0. The molecule has 9 heteroatoms. The molecule has 0 amide bonds. The Morgan fingerprint density at radius 1 is 1.35 bits per heavy atom. The quantitative estimate of drug-likeness (QED) is 0.384. The third-order valence-corrected chi connectivity index (χ3v) is 2.79. The number of nitrogens with two attached hydrogens (primary N) is 1. The summed E-state index contributed by atoms with van der Waals surface area (Å²) in [6.07, 6.45) is -4.21. The number of ether oxygens (including phenoxy) is 1. The first-order chi connectivity index (χ1) is 10.3. The van der Waals surface area contributed by atoms with Crippen molar-refractivity contribution in [2.45, 2.75) is 12.8 Å². The molecule has 1 aromatic rings. The number of para-hydroxylation sites is 1.